The Morgan fingerprint density at radius 1 is 1.25 bits per heavy atom. The predicted octanol–water partition coefficient (Wildman–Crippen LogP) is 1.53. The van der Waals surface area contributed by atoms with Crippen LogP contribution in [-0.2, 0) is 0 Å². The minimum atomic E-state index is 0.0166. The van der Waals surface area contributed by atoms with Gasteiger partial charge < -0.3 is 0 Å². The van der Waals surface area contributed by atoms with Crippen molar-refractivity contribution in [3.05, 3.63) is 0 Å². The fraction of sp³-hybridized carbons (Fsp3) is 1.00. The molecule has 0 bridgehead atoms. The number of alkyl halides is 1. The molecule has 0 saturated carbocycles. The zero-order chi connectivity index (χ0) is 8.97. The summed E-state index contributed by atoms with van der Waals surface area (Å²) in [5.74, 6) is 0. The highest BCUT2D eigenvalue weighted by molar-refractivity contribution is 14.1. The molecule has 1 heterocycles. The molecule has 0 aromatic heterocycles. The van der Waals surface area contributed by atoms with Crippen LogP contribution < -0.4 is 0 Å². The van der Waals surface area contributed by atoms with E-state index < -0.39 is 0 Å². The molecule has 0 aromatic carbocycles. The van der Waals surface area contributed by atoms with E-state index in [1.807, 2.05) is 0 Å². The van der Waals surface area contributed by atoms with E-state index in [0.29, 0.717) is 0 Å². The Kier molecular flexibility index (Phi) is 5.08. The van der Waals surface area contributed by atoms with Crippen LogP contribution in [0.2, 0.25) is 0 Å². The van der Waals surface area contributed by atoms with Gasteiger partial charge in [0.05, 0.1) is 0 Å². The first-order valence-electron chi connectivity index (χ1n) is 4.91. The Labute approximate surface area is 91.8 Å². The van der Waals surface area contributed by atoms with Gasteiger partial charge >= 0.3 is 0 Å². The molecule has 1 fully saturated rings. The summed E-state index contributed by atoms with van der Waals surface area (Å²) in [6.07, 6.45) is 4.15. The lowest BCUT2D eigenvalue weighted by atomic mass is 10.2. The van der Waals surface area contributed by atoms with Crippen LogP contribution in [0.5, 0.6) is 0 Å². The summed E-state index contributed by atoms with van der Waals surface area (Å²) in [4.78, 5) is 0. The van der Waals surface area contributed by atoms with Crippen LogP contribution in [0.1, 0.15) is 33.1 Å². The standard InChI is InChI=1S/C8H19IN2Si/c1-3-5-6-7-11-8(9)10(4-2)12-11/h8H,3-7,12H2,1-2H3. The van der Waals surface area contributed by atoms with Gasteiger partial charge in [0, 0.05) is 0 Å². The fourth-order valence-corrected chi connectivity index (χ4v) is 4.68. The molecular weight excluding hydrogens is 279 g/mol. The molecule has 1 rings (SSSR count). The second-order valence-electron chi connectivity index (χ2n) is 3.38. The quantitative estimate of drug-likeness (QED) is 0.250. The molecule has 0 spiro atoms. The summed E-state index contributed by atoms with van der Waals surface area (Å²) in [6, 6.07) is 0. The molecule has 12 heavy (non-hydrogen) atoms. The Bertz CT molecular complexity index is 134. The Hall–Kier alpha value is 0.867. The van der Waals surface area contributed by atoms with E-state index in [9.17, 15) is 0 Å². The first-order valence-corrected chi connectivity index (χ1v) is 7.42. The molecule has 1 aliphatic rings. The van der Waals surface area contributed by atoms with E-state index in [2.05, 4.69) is 45.6 Å². The van der Waals surface area contributed by atoms with E-state index in [1.54, 1.807) is 0 Å². The number of rotatable bonds is 5. The summed E-state index contributed by atoms with van der Waals surface area (Å²) in [5.41, 5.74) is 0. The predicted molar refractivity (Wildman–Crippen MR) is 65.0 cm³/mol. The molecule has 1 unspecified atom stereocenters. The second kappa shape index (κ2) is 5.57. The molecule has 1 atom stereocenters. The average molecular weight is 298 g/mol. The van der Waals surface area contributed by atoms with Crippen LogP contribution in [-0.4, -0.2) is 36.2 Å². The van der Waals surface area contributed by atoms with Gasteiger partial charge in [-0.25, -0.2) is 0 Å². The minimum absolute atomic E-state index is 0.0166. The second-order valence-corrected chi connectivity index (χ2v) is 6.40. The van der Waals surface area contributed by atoms with Crippen molar-refractivity contribution in [1.29, 1.82) is 0 Å². The summed E-state index contributed by atoms with van der Waals surface area (Å²) in [7, 11) is 0.0166. The fourth-order valence-electron chi connectivity index (χ4n) is 1.50. The van der Waals surface area contributed by atoms with E-state index in [1.165, 1.54) is 32.4 Å². The largest absolute Gasteiger partial charge is 0.294 e. The lowest BCUT2D eigenvalue weighted by Crippen LogP contribution is -2.63. The van der Waals surface area contributed by atoms with Gasteiger partial charge in [-0.3, -0.25) is 9.13 Å². The molecule has 1 aliphatic heterocycles. The van der Waals surface area contributed by atoms with Crippen LogP contribution in [0, 0.1) is 0 Å². The van der Waals surface area contributed by atoms with Gasteiger partial charge in [-0.2, -0.15) is 0 Å². The Morgan fingerprint density at radius 2 is 2.00 bits per heavy atom. The third-order valence-electron chi connectivity index (χ3n) is 2.42. The first-order chi connectivity index (χ1) is 5.79. The van der Waals surface area contributed by atoms with Crippen molar-refractivity contribution in [2.45, 2.75) is 37.3 Å². The van der Waals surface area contributed by atoms with E-state index in [4.69, 9.17) is 0 Å². The molecule has 4 heteroatoms. The van der Waals surface area contributed by atoms with Gasteiger partial charge in [0.1, 0.15) is 4.17 Å². The van der Waals surface area contributed by atoms with Crippen molar-refractivity contribution < 1.29 is 0 Å². The maximum absolute atomic E-state index is 2.68. The monoisotopic (exact) mass is 298 g/mol. The maximum Gasteiger partial charge on any atom is 0.176 e. The number of hydrogen-bond acceptors (Lipinski definition) is 2. The van der Waals surface area contributed by atoms with Gasteiger partial charge in [-0.15, -0.1) is 0 Å². The number of hydrogen-bond donors (Lipinski definition) is 0. The van der Waals surface area contributed by atoms with Gasteiger partial charge in [-0.05, 0) is 42.1 Å². The molecule has 0 aliphatic carbocycles. The molecule has 1 saturated heterocycles. The molecular formula is C8H19IN2Si. The highest BCUT2D eigenvalue weighted by atomic mass is 127. The van der Waals surface area contributed by atoms with Crippen LogP contribution >= 0.6 is 22.6 Å². The third-order valence-corrected chi connectivity index (χ3v) is 7.66. The van der Waals surface area contributed by atoms with Crippen molar-refractivity contribution in [3.63, 3.8) is 0 Å². The number of halogens is 1. The van der Waals surface area contributed by atoms with Crippen molar-refractivity contribution in [1.82, 2.24) is 9.13 Å². The van der Waals surface area contributed by atoms with Gasteiger partial charge in [0.15, 0.2) is 9.84 Å². The van der Waals surface area contributed by atoms with Crippen molar-refractivity contribution in [2.24, 2.45) is 0 Å². The Balaban J connectivity index is 2.05. The Morgan fingerprint density at radius 3 is 2.50 bits per heavy atom. The molecule has 0 aromatic rings. The zero-order valence-corrected chi connectivity index (χ0v) is 11.7. The lowest BCUT2D eigenvalue weighted by molar-refractivity contribution is 0.187. The number of unbranched alkanes of at least 4 members (excludes halogenated alkanes) is 2. The highest BCUT2D eigenvalue weighted by Crippen LogP contribution is 2.22. The average Bonchev–Trinajstić information content (AvgIpc) is 2.09. The topological polar surface area (TPSA) is 6.48 Å². The van der Waals surface area contributed by atoms with Crippen molar-refractivity contribution in [3.8, 4) is 0 Å². The third kappa shape index (κ3) is 2.68. The summed E-state index contributed by atoms with van der Waals surface area (Å²) in [5, 5.41) is 0. The van der Waals surface area contributed by atoms with Gasteiger partial charge in [0.25, 0.3) is 0 Å². The zero-order valence-electron chi connectivity index (χ0n) is 8.09. The van der Waals surface area contributed by atoms with Crippen molar-refractivity contribution >= 4 is 32.4 Å². The molecule has 0 N–H and O–H groups in total. The first kappa shape index (κ1) is 10.9. The molecule has 0 amide bonds. The number of nitrogens with zero attached hydrogens (tertiary/aromatic N) is 2. The summed E-state index contributed by atoms with van der Waals surface area (Å²) in [6.45, 7) is 7.14. The smallest absolute Gasteiger partial charge is 0.176 e. The molecule has 72 valence electrons. The summed E-state index contributed by atoms with van der Waals surface area (Å²) >= 11 is 2.56. The van der Waals surface area contributed by atoms with Gasteiger partial charge in [-0.1, -0.05) is 26.7 Å². The van der Waals surface area contributed by atoms with E-state index in [0.717, 1.165) is 4.17 Å². The van der Waals surface area contributed by atoms with Crippen molar-refractivity contribution in [2.75, 3.05) is 13.1 Å². The normalized spacial score (nSPS) is 27.8. The minimum Gasteiger partial charge on any atom is -0.294 e. The van der Waals surface area contributed by atoms with E-state index >= 15 is 0 Å². The van der Waals surface area contributed by atoms with Crippen LogP contribution in [0.25, 0.3) is 0 Å². The SMILES string of the molecule is CCCCCN1[SiH2]N(CC)C1I. The van der Waals surface area contributed by atoms with E-state index in [-0.39, 0.29) is 9.84 Å². The highest BCUT2D eigenvalue weighted by Gasteiger charge is 2.32. The van der Waals surface area contributed by atoms with Crippen LogP contribution in [0.4, 0.5) is 0 Å². The maximum atomic E-state index is 2.68. The van der Waals surface area contributed by atoms with Crippen LogP contribution in [0.3, 0.4) is 0 Å². The van der Waals surface area contributed by atoms with Gasteiger partial charge in [0.2, 0.25) is 0 Å². The molecule has 2 nitrogen and oxygen atoms in total. The van der Waals surface area contributed by atoms with Crippen LogP contribution in [0.15, 0.2) is 0 Å². The molecule has 0 radical (unpaired) electrons. The summed E-state index contributed by atoms with van der Waals surface area (Å²) < 4.78 is 6.03. The lowest BCUT2D eigenvalue weighted by Gasteiger charge is -2.47.